The monoisotopic (exact) mass is 341 g/mol. The molecule has 2 heterocycles. The number of carbonyl (C=O) groups excluding carboxylic acids is 1. The average molecular weight is 342 g/mol. The van der Waals surface area contributed by atoms with Gasteiger partial charge in [-0.3, -0.25) is 9.59 Å². The van der Waals surface area contributed by atoms with E-state index in [0.29, 0.717) is 24.3 Å². The Morgan fingerprint density at radius 2 is 2.20 bits per heavy atom. The Bertz CT molecular complexity index is 548. The minimum Gasteiger partial charge on any atom is -0.481 e. The number of hydrogen-bond acceptors (Lipinski definition) is 4. The number of carbonyl (C=O) groups is 2. The van der Waals surface area contributed by atoms with E-state index in [9.17, 15) is 9.59 Å². The Hall–Kier alpha value is -1.63. The Balaban J connectivity index is 2.26. The minimum atomic E-state index is -0.847. The number of aliphatic carboxylic acids is 1. The molecule has 1 atom stereocenters. The van der Waals surface area contributed by atoms with Gasteiger partial charge in [-0.15, -0.1) is 0 Å². The highest BCUT2D eigenvalue weighted by molar-refractivity contribution is 9.10. The maximum atomic E-state index is 12.5. The quantitative estimate of drug-likeness (QED) is 0.900. The first-order chi connectivity index (χ1) is 9.40. The van der Waals surface area contributed by atoms with Gasteiger partial charge in [-0.1, -0.05) is 0 Å². The van der Waals surface area contributed by atoms with E-state index in [0.717, 1.165) is 4.47 Å². The van der Waals surface area contributed by atoms with E-state index < -0.39 is 11.9 Å². The topological polar surface area (TPSA) is 73.7 Å². The van der Waals surface area contributed by atoms with Gasteiger partial charge in [0.15, 0.2) is 0 Å². The summed E-state index contributed by atoms with van der Waals surface area (Å²) in [6.07, 6.45) is 2.13. The van der Waals surface area contributed by atoms with Crippen LogP contribution in [0.5, 0.6) is 0 Å². The Kier molecular flexibility index (Phi) is 4.27. The van der Waals surface area contributed by atoms with Crippen LogP contribution < -0.4 is 4.90 Å². The van der Waals surface area contributed by atoms with E-state index in [1.54, 1.807) is 22.1 Å². The van der Waals surface area contributed by atoms with Crippen molar-refractivity contribution >= 4 is 33.6 Å². The molecule has 0 saturated carbocycles. The lowest BCUT2D eigenvalue weighted by Crippen LogP contribution is -2.31. The third kappa shape index (κ3) is 2.92. The molecule has 1 fully saturated rings. The maximum absolute atomic E-state index is 12.5. The number of amides is 1. The molecule has 1 aliphatic rings. The molecule has 2 rings (SSSR count). The zero-order valence-electron chi connectivity index (χ0n) is 11.3. The fourth-order valence-electron chi connectivity index (χ4n) is 2.26. The predicted octanol–water partition coefficient (Wildman–Crippen LogP) is 1.46. The second-order valence-corrected chi connectivity index (χ2v) is 5.91. The van der Waals surface area contributed by atoms with Crippen molar-refractivity contribution in [2.45, 2.75) is 6.42 Å². The molecule has 6 nitrogen and oxygen atoms in total. The van der Waals surface area contributed by atoms with Gasteiger partial charge in [0.1, 0.15) is 5.82 Å². The van der Waals surface area contributed by atoms with Crippen LogP contribution in [0, 0.1) is 5.92 Å². The van der Waals surface area contributed by atoms with E-state index in [1.807, 2.05) is 14.1 Å². The van der Waals surface area contributed by atoms with Crippen LogP contribution in [0.2, 0.25) is 0 Å². The van der Waals surface area contributed by atoms with E-state index in [-0.39, 0.29) is 12.5 Å². The van der Waals surface area contributed by atoms with Crippen molar-refractivity contribution in [3.63, 3.8) is 0 Å². The highest BCUT2D eigenvalue weighted by Crippen LogP contribution is 2.25. The van der Waals surface area contributed by atoms with E-state index >= 15 is 0 Å². The number of rotatable bonds is 3. The number of nitrogens with zero attached hydrogens (tertiary/aromatic N) is 3. The molecule has 1 amide bonds. The van der Waals surface area contributed by atoms with Crippen LogP contribution in [0.25, 0.3) is 0 Å². The second-order valence-electron chi connectivity index (χ2n) is 4.99. The van der Waals surface area contributed by atoms with Crippen molar-refractivity contribution in [1.82, 2.24) is 9.88 Å². The van der Waals surface area contributed by atoms with Gasteiger partial charge in [-0.05, 0) is 28.4 Å². The first-order valence-corrected chi connectivity index (χ1v) is 7.04. The standard InChI is InChI=1S/C13H16BrN3O3/c1-16(2)11-10(5-9(14)6-15-11)12(18)17-4-3-8(7-17)13(19)20/h5-6,8H,3-4,7H2,1-2H3,(H,19,20). The van der Waals surface area contributed by atoms with Gasteiger partial charge in [0.25, 0.3) is 5.91 Å². The van der Waals surface area contributed by atoms with Gasteiger partial charge in [0.05, 0.1) is 11.5 Å². The summed E-state index contributed by atoms with van der Waals surface area (Å²) in [5.74, 6) is -0.911. The van der Waals surface area contributed by atoms with Crippen molar-refractivity contribution < 1.29 is 14.7 Å². The highest BCUT2D eigenvalue weighted by Gasteiger charge is 2.32. The number of carboxylic acid groups (broad SMARTS) is 1. The van der Waals surface area contributed by atoms with E-state index in [2.05, 4.69) is 20.9 Å². The molecule has 1 aromatic rings. The second kappa shape index (κ2) is 5.78. The van der Waals surface area contributed by atoms with Gasteiger partial charge in [-0.25, -0.2) is 4.98 Å². The zero-order chi connectivity index (χ0) is 14.9. The first-order valence-electron chi connectivity index (χ1n) is 6.25. The fourth-order valence-corrected chi connectivity index (χ4v) is 2.59. The largest absolute Gasteiger partial charge is 0.481 e. The molecule has 108 valence electrons. The number of pyridine rings is 1. The number of halogens is 1. The Labute approximate surface area is 125 Å². The van der Waals surface area contributed by atoms with Crippen LogP contribution in [0.1, 0.15) is 16.8 Å². The van der Waals surface area contributed by atoms with Crippen molar-refractivity contribution in [2.75, 3.05) is 32.1 Å². The molecule has 1 unspecified atom stereocenters. The lowest BCUT2D eigenvalue weighted by molar-refractivity contribution is -0.141. The molecular weight excluding hydrogens is 326 g/mol. The third-order valence-corrected chi connectivity index (χ3v) is 3.75. The van der Waals surface area contributed by atoms with E-state index in [1.165, 1.54) is 0 Å². The lowest BCUT2D eigenvalue weighted by Gasteiger charge is -2.20. The Morgan fingerprint density at radius 1 is 1.50 bits per heavy atom. The molecule has 0 aliphatic carbocycles. The van der Waals surface area contributed by atoms with Crippen LogP contribution in [0.3, 0.4) is 0 Å². The number of likely N-dealkylation sites (tertiary alicyclic amines) is 1. The van der Waals surface area contributed by atoms with Crippen LogP contribution in [-0.2, 0) is 4.79 Å². The highest BCUT2D eigenvalue weighted by atomic mass is 79.9. The molecule has 0 spiro atoms. The summed E-state index contributed by atoms with van der Waals surface area (Å²) in [4.78, 5) is 31.1. The van der Waals surface area contributed by atoms with E-state index in [4.69, 9.17) is 5.11 Å². The number of anilines is 1. The summed E-state index contributed by atoms with van der Waals surface area (Å²) < 4.78 is 0.723. The SMILES string of the molecule is CN(C)c1ncc(Br)cc1C(=O)N1CCC(C(=O)O)C1. The summed E-state index contributed by atoms with van der Waals surface area (Å²) >= 11 is 3.31. The van der Waals surface area contributed by atoms with Gasteiger partial charge < -0.3 is 14.9 Å². The van der Waals surface area contributed by atoms with Gasteiger partial charge in [0, 0.05) is 37.9 Å². The molecule has 20 heavy (non-hydrogen) atoms. The molecule has 0 bridgehead atoms. The number of carboxylic acids is 1. The van der Waals surface area contributed by atoms with Crippen molar-refractivity contribution in [3.05, 3.63) is 22.3 Å². The van der Waals surface area contributed by atoms with Gasteiger partial charge >= 0.3 is 5.97 Å². The molecule has 0 radical (unpaired) electrons. The summed E-state index contributed by atoms with van der Waals surface area (Å²) in [5.41, 5.74) is 0.482. The maximum Gasteiger partial charge on any atom is 0.308 e. The van der Waals surface area contributed by atoms with Crippen LogP contribution in [0.4, 0.5) is 5.82 Å². The summed E-state index contributed by atoms with van der Waals surface area (Å²) in [6, 6.07) is 1.72. The third-order valence-electron chi connectivity index (χ3n) is 3.31. The zero-order valence-corrected chi connectivity index (χ0v) is 12.9. The summed E-state index contributed by atoms with van der Waals surface area (Å²) in [6.45, 7) is 0.725. The molecule has 1 aromatic heterocycles. The smallest absolute Gasteiger partial charge is 0.308 e. The van der Waals surface area contributed by atoms with Crippen molar-refractivity contribution in [1.29, 1.82) is 0 Å². The molecule has 0 aromatic carbocycles. The van der Waals surface area contributed by atoms with Gasteiger partial charge in [0.2, 0.25) is 0 Å². The fraction of sp³-hybridized carbons (Fsp3) is 0.462. The molecule has 1 aliphatic heterocycles. The first kappa shape index (κ1) is 14.8. The normalized spacial score (nSPS) is 18.1. The number of hydrogen-bond donors (Lipinski definition) is 1. The minimum absolute atomic E-state index is 0.175. The lowest BCUT2D eigenvalue weighted by atomic mass is 10.1. The number of aromatic nitrogens is 1. The molecular formula is C13H16BrN3O3. The Morgan fingerprint density at radius 3 is 2.75 bits per heavy atom. The van der Waals surface area contributed by atoms with Crippen molar-refractivity contribution in [2.24, 2.45) is 5.92 Å². The van der Waals surface area contributed by atoms with Crippen molar-refractivity contribution in [3.8, 4) is 0 Å². The van der Waals surface area contributed by atoms with Crippen LogP contribution in [-0.4, -0.2) is 54.1 Å². The summed E-state index contributed by atoms with van der Waals surface area (Å²) in [7, 11) is 3.63. The van der Waals surface area contributed by atoms with Gasteiger partial charge in [-0.2, -0.15) is 0 Å². The van der Waals surface area contributed by atoms with Crippen LogP contribution >= 0.6 is 15.9 Å². The molecule has 1 N–H and O–H groups in total. The molecule has 1 saturated heterocycles. The average Bonchev–Trinajstić information content (AvgIpc) is 2.87. The molecule has 7 heteroatoms. The summed E-state index contributed by atoms with van der Waals surface area (Å²) in [5, 5.41) is 9.00. The van der Waals surface area contributed by atoms with Crippen LogP contribution in [0.15, 0.2) is 16.7 Å². The predicted molar refractivity (Wildman–Crippen MR) is 77.9 cm³/mol.